The summed E-state index contributed by atoms with van der Waals surface area (Å²) in [6, 6.07) is 0. The topological polar surface area (TPSA) is 30.2 Å². The van der Waals surface area contributed by atoms with Crippen molar-refractivity contribution in [3.8, 4) is 0 Å². The van der Waals surface area contributed by atoms with Crippen LogP contribution in [0.3, 0.4) is 0 Å². The van der Waals surface area contributed by atoms with Gasteiger partial charge in [0.15, 0.2) is 0 Å². The first-order valence-electron chi connectivity index (χ1n) is 5.35. The Bertz CT molecular complexity index is 338. The molecule has 3 heteroatoms. The van der Waals surface area contributed by atoms with E-state index in [2.05, 4.69) is 28.6 Å². The number of aliphatic imine (C=N–C) groups is 1. The van der Waals surface area contributed by atoms with Crippen molar-refractivity contribution in [3.05, 3.63) is 17.5 Å². The fourth-order valence-corrected chi connectivity index (χ4v) is 1.74. The van der Waals surface area contributed by atoms with Crippen LogP contribution in [0.4, 0.5) is 0 Å². The van der Waals surface area contributed by atoms with Crippen LogP contribution in [-0.2, 0) is 13.0 Å². The highest BCUT2D eigenvalue weighted by Crippen LogP contribution is 2.15. The van der Waals surface area contributed by atoms with Crippen molar-refractivity contribution in [1.29, 1.82) is 0 Å². The predicted molar refractivity (Wildman–Crippen MR) is 57.8 cm³/mol. The van der Waals surface area contributed by atoms with Crippen LogP contribution >= 0.6 is 0 Å². The lowest BCUT2D eigenvalue weighted by Gasteiger charge is -2.11. The molecule has 0 saturated heterocycles. The lowest BCUT2D eigenvalue weighted by Crippen LogP contribution is -2.13. The maximum absolute atomic E-state index is 4.37. The van der Waals surface area contributed by atoms with Gasteiger partial charge in [-0.3, -0.25) is 9.67 Å². The van der Waals surface area contributed by atoms with Gasteiger partial charge in [-0.25, -0.2) is 0 Å². The summed E-state index contributed by atoms with van der Waals surface area (Å²) < 4.78 is 2.06. The summed E-state index contributed by atoms with van der Waals surface area (Å²) in [7, 11) is 0. The molecule has 0 N–H and O–H groups in total. The molecular formula is C11H17N3. The van der Waals surface area contributed by atoms with Crippen LogP contribution in [0.25, 0.3) is 0 Å². The minimum absolute atomic E-state index is 0.735. The van der Waals surface area contributed by atoms with E-state index in [9.17, 15) is 0 Å². The monoisotopic (exact) mass is 191 g/mol. The average molecular weight is 191 g/mol. The molecule has 0 spiro atoms. The zero-order valence-corrected chi connectivity index (χ0v) is 8.90. The fourth-order valence-electron chi connectivity index (χ4n) is 1.74. The minimum Gasteiger partial charge on any atom is -0.289 e. The third-order valence-corrected chi connectivity index (χ3v) is 2.88. The van der Waals surface area contributed by atoms with E-state index in [1.165, 1.54) is 17.7 Å². The number of hydrogen-bond acceptors (Lipinski definition) is 2. The first kappa shape index (κ1) is 9.44. The van der Waals surface area contributed by atoms with Gasteiger partial charge in [0.05, 0.1) is 25.0 Å². The van der Waals surface area contributed by atoms with Crippen LogP contribution in [0.2, 0.25) is 0 Å². The van der Waals surface area contributed by atoms with E-state index >= 15 is 0 Å². The zero-order valence-electron chi connectivity index (χ0n) is 8.90. The third kappa shape index (κ3) is 1.72. The predicted octanol–water partition coefficient (Wildman–Crippen LogP) is 1.90. The molecule has 2 heterocycles. The molecule has 0 bridgehead atoms. The van der Waals surface area contributed by atoms with Crippen LogP contribution in [0, 0.1) is 5.92 Å². The third-order valence-electron chi connectivity index (χ3n) is 2.88. The SMILES string of the molecule is CCC(C)Cc1cnn2c1C=NCC2. The van der Waals surface area contributed by atoms with Crippen molar-refractivity contribution in [2.24, 2.45) is 10.9 Å². The van der Waals surface area contributed by atoms with Crippen LogP contribution in [-0.4, -0.2) is 22.5 Å². The first-order chi connectivity index (χ1) is 6.81. The Morgan fingerprint density at radius 2 is 2.43 bits per heavy atom. The average Bonchev–Trinajstić information content (AvgIpc) is 2.62. The Balaban J connectivity index is 2.19. The van der Waals surface area contributed by atoms with Crippen molar-refractivity contribution in [2.45, 2.75) is 33.2 Å². The molecule has 14 heavy (non-hydrogen) atoms. The van der Waals surface area contributed by atoms with Crippen molar-refractivity contribution < 1.29 is 0 Å². The van der Waals surface area contributed by atoms with Gasteiger partial charge in [0, 0.05) is 6.21 Å². The molecule has 0 aliphatic carbocycles. The Morgan fingerprint density at radius 3 is 3.21 bits per heavy atom. The molecule has 0 amide bonds. The molecule has 0 fully saturated rings. The van der Waals surface area contributed by atoms with Crippen molar-refractivity contribution in [3.63, 3.8) is 0 Å². The van der Waals surface area contributed by atoms with Crippen LogP contribution in [0.5, 0.6) is 0 Å². The summed E-state index contributed by atoms with van der Waals surface area (Å²) >= 11 is 0. The fraction of sp³-hybridized carbons (Fsp3) is 0.636. The highest BCUT2D eigenvalue weighted by molar-refractivity contribution is 5.79. The van der Waals surface area contributed by atoms with Crippen molar-refractivity contribution in [2.75, 3.05) is 6.54 Å². The molecule has 1 atom stereocenters. The highest BCUT2D eigenvalue weighted by Gasteiger charge is 2.13. The molecule has 1 aromatic rings. The van der Waals surface area contributed by atoms with E-state index in [0.717, 1.165) is 25.4 Å². The van der Waals surface area contributed by atoms with Crippen molar-refractivity contribution >= 4 is 6.21 Å². The first-order valence-corrected chi connectivity index (χ1v) is 5.35. The molecule has 0 aromatic carbocycles. The van der Waals surface area contributed by atoms with Gasteiger partial charge in [0.25, 0.3) is 0 Å². The quantitative estimate of drug-likeness (QED) is 0.717. The molecule has 1 aliphatic rings. The van der Waals surface area contributed by atoms with Gasteiger partial charge >= 0.3 is 0 Å². The van der Waals surface area contributed by atoms with Crippen LogP contribution in [0.1, 0.15) is 31.5 Å². The Labute approximate surface area is 84.8 Å². The molecular weight excluding hydrogens is 174 g/mol. The van der Waals surface area contributed by atoms with Gasteiger partial charge in [-0.1, -0.05) is 20.3 Å². The maximum Gasteiger partial charge on any atom is 0.0820 e. The van der Waals surface area contributed by atoms with Gasteiger partial charge in [0.2, 0.25) is 0 Å². The zero-order chi connectivity index (χ0) is 9.97. The summed E-state index contributed by atoms with van der Waals surface area (Å²) in [6.45, 7) is 6.32. The maximum atomic E-state index is 4.37. The van der Waals surface area contributed by atoms with E-state index in [4.69, 9.17) is 0 Å². The van der Waals surface area contributed by atoms with Gasteiger partial charge in [-0.15, -0.1) is 0 Å². The highest BCUT2D eigenvalue weighted by atomic mass is 15.3. The van der Waals surface area contributed by atoms with Crippen molar-refractivity contribution in [1.82, 2.24) is 9.78 Å². The molecule has 0 radical (unpaired) electrons. The van der Waals surface area contributed by atoms with Crippen LogP contribution < -0.4 is 0 Å². The molecule has 1 unspecified atom stereocenters. The summed E-state index contributed by atoms with van der Waals surface area (Å²) in [5, 5.41) is 4.37. The number of fused-ring (bicyclic) bond motifs is 1. The lowest BCUT2D eigenvalue weighted by atomic mass is 9.99. The standard InChI is InChI=1S/C11H17N3/c1-3-9(2)6-10-7-13-14-5-4-12-8-11(10)14/h7-9H,3-6H2,1-2H3. The Morgan fingerprint density at radius 1 is 1.57 bits per heavy atom. The molecule has 76 valence electrons. The summed E-state index contributed by atoms with van der Waals surface area (Å²) in [5.74, 6) is 0.735. The molecule has 1 aromatic heterocycles. The number of hydrogen-bond donors (Lipinski definition) is 0. The molecule has 1 aliphatic heterocycles. The van der Waals surface area contributed by atoms with Gasteiger partial charge in [0.1, 0.15) is 0 Å². The number of aromatic nitrogens is 2. The van der Waals surface area contributed by atoms with E-state index in [0.29, 0.717) is 0 Å². The molecule has 0 saturated carbocycles. The smallest absolute Gasteiger partial charge is 0.0820 e. The molecule has 2 rings (SSSR count). The minimum atomic E-state index is 0.735. The second-order valence-electron chi connectivity index (χ2n) is 4.03. The van der Waals surface area contributed by atoms with E-state index < -0.39 is 0 Å². The lowest BCUT2D eigenvalue weighted by molar-refractivity contribution is 0.557. The van der Waals surface area contributed by atoms with E-state index in [1.807, 2.05) is 12.4 Å². The van der Waals surface area contributed by atoms with Crippen LogP contribution in [0.15, 0.2) is 11.2 Å². The summed E-state index contributed by atoms with van der Waals surface area (Å²) in [6.07, 6.45) is 6.31. The van der Waals surface area contributed by atoms with Gasteiger partial charge < -0.3 is 0 Å². The second-order valence-corrected chi connectivity index (χ2v) is 4.03. The summed E-state index contributed by atoms with van der Waals surface area (Å²) in [4.78, 5) is 4.30. The second kappa shape index (κ2) is 3.95. The van der Waals surface area contributed by atoms with E-state index in [-0.39, 0.29) is 0 Å². The van der Waals surface area contributed by atoms with Gasteiger partial charge in [-0.2, -0.15) is 5.10 Å². The van der Waals surface area contributed by atoms with E-state index in [1.54, 1.807) is 0 Å². The molecule has 3 nitrogen and oxygen atoms in total. The largest absolute Gasteiger partial charge is 0.289 e. The Hall–Kier alpha value is -1.12. The van der Waals surface area contributed by atoms with Gasteiger partial charge in [-0.05, 0) is 17.9 Å². The summed E-state index contributed by atoms with van der Waals surface area (Å²) in [5.41, 5.74) is 2.57. The normalized spacial score (nSPS) is 16.7. The Kier molecular flexibility index (Phi) is 2.66. The number of rotatable bonds is 3. The number of nitrogens with zero attached hydrogens (tertiary/aromatic N) is 3.